The van der Waals surface area contributed by atoms with Crippen LogP contribution in [0.4, 0.5) is 0 Å². The summed E-state index contributed by atoms with van der Waals surface area (Å²) in [6.45, 7) is 0. The fourth-order valence-corrected chi connectivity index (χ4v) is 3.10. The second-order valence-electron chi connectivity index (χ2n) is 4.64. The summed E-state index contributed by atoms with van der Waals surface area (Å²) in [6, 6.07) is 13.3. The Hall–Kier alpha value is -2.20. The zero-order chi connectivity index (χ0) is 15.7. The molecule has 1 aromatic heterocycles. The molecule has 3 aromatic rings. The van der Waals surface area contributed by atoms with E-state index in [1.54, 1.807) is 20.3 Å². The summed E-state index contributed by atoms with van der Waals surface area (Å²) in [7, 11) is 3.21. The lowest BCUT2D eigenvalue weighted by Crippen LogP contribution is -1.85. The number of nitriles is 1. The second-order valence-corrected chi connectivity index (χ2v) is 5.72. The van der Waals surface area contributed by atoms with E-state index in [0.717, 1.165) is 26.0 Å². The fourth-order valence-electron chi connectivity index (χ4n) is 2.27. The van der Waals surface area contributed by atoms with Crippen LogP contribution >= 0.6 is 22.6 Å². The number of benzene rings is 2. The maximum Gasteiger partial charge on any atom is 0.153 e. The monoisotopic (exact) mass is 405 g/mol. The normalized spacial score (nSPS) is 10.5. The lowest BCUT2D eigenvalue weighted by molar-refractivity contribution is 0.414. The Morgan fingerprint density at radius 2 is 1.73 bits per heavy atom. The highest BCUT2D eigenvalue weighted by Crippen LogP contribution is 2.38. The van der Waals surface area contributed by atoms with Crippen LogP contribution in [0, 0.1) is 14.9 Å². The van der Waals surface area contributed by atoms with Crippen LogP contribution in [0.3, 0.4) is 0 Å². The van der Waals surface area contributed by atoms with Gasteiger partial charge in [-0.05, 0) is 52.9 Å². The molecule has 2 aromatic carbocycles. The van der Waals surface area contributed by atoms with Gasteiger partial charge in [-0.2, -0.15) is 5.26 Å². The van der Waals surface area contributed by atoms with Gasteiger partial charge >= 0.3 is 0 Å². The van der Waals surface area contributed by atoms with Crippen molar-refractivity contribution in [2.75, 3.05) is 14.2 Å². The third-order valence-corrected chi connectivity index (χ3v) is 4.48. The molecule has 0 bridgehead atoms. The van der Waals surface area contributed by atoms with Crippen molar-refractivity contribution in [3.63, 3.8) is 0 Å². The summed E-state index contributed by atoms with van der Waals surface area (Å²) in [4.78, 5) is 0. The van der Waals surface area contributed by atoms with Crippen molar-refractivity contribution in [3.05, 3.63) is 45.5 Å². The fraction of sp³-hybridized carbons (Fsp3) is 0.118. The van der Waals surface area contributed by atoms with Gasteiger partial charge in [0, 0.05) is 17.0 Å². The van der Waals surface area contributed by atoms with E-state index in [1.807, 2.05) is 30.3 Å². The Labute approximate surface area is 141 Å². The van der Waals surface area contributed by atoms with E-state index in [0.29, 0.717) is 16.9 Å². The molecule has 5 heteroatoms. The molecule has 1 heterocycles. The van der Waals surface area contributed by atoms with Crippen LogP contribution in [-0.2, 0) is 0 Å². The second kappa shape index (κ2) is 5.89. The smallest absolute Gasteiger partial charge is 0.153 e. The van der Waals surface area contributed by atoms with Crippen molar-refractivity contribution >= 4 is 33.6 Å². The van der Waals surface area contributed by atoms with E-state index in [2.05, 4.69) is 28.7 Å². The predicted molar refractivity (Wildman–Crippen MR) is 92.2 cm³/mol. The first-order valence-corrected chi connectivity index (χ1v) is 7.60. The SMILES string of the molecule is COc1ccc(-c2oc3c(C#N)cc(OC)cc3c2I)cc1. The minimum atomic E-state index is 0.465. The van der Waals surface area contributed by atoms with E-state index in [4.69, 9.17) is 13.9 Å². The number of fused-ring (bicyclic) bond motifs is 1. The molecular formula is C17H12INO3. The highest BCUT2D eigenvalue weighted by atomic mass is 127. The lowest BCUT2D eigenvalue weighted by Gasteiger charge is -2.01. The van der Waals surface area contributed by atoms with Crippen LogP contribution in [0.1, 0.15) is 5.56 Å². The molecule has 110 valence electrons. The van der Waals surface area contributed by atoms with Crippen LogP contribution < -0.4 is 9.47 Å². The van der Waals surface area contributed by atoms with Gasteiger partial charge in [0.2, 0.25) is 0 Å². The quantitative estimate of drug-likeness (QED) is 0.598. The predicted octanol–water partition coefficient (Wildman–Crippen LogP) is 4.59. The van der Waals surface area contributed by atoms with Crippen molar-refractivity contribution in [1.82, 2.24) is 0 Å². The zero-order valence-corrected chi connectivity index (χ0v) is 14.2. The molecule has 0 aliphatic carbocycles. The molecule has 0 N–H and O–H groups in total. The number of halogens is 1. The Bertz CT molecular complexity index is 876. The van der Waals surface area contributed by atoms with Crippen molar-refractivity contribution in [2.45, 2.75) is 0 Å². The number of nitrogens with zero attached hydrogens (tertiary/aromatic N) is 1. The third kappa shape index (κ3) is 2.40. The van der Waals surface area contributed by atoms with Crippen molar-refractivity contribution < 1.29 is 13.9 Å². The maximum absolute atomic E-state index is 9.31. The average molecular weight is 405 g/mol. The molecule has 22 heavy (non-hydrogen) atoms. The molecule has 0 aliphatic heterocycles. The lowest BCUT2D eigenvalue weighted by atomic mass is 10.1. The Balaban J connectivity index is 2.22. The van der Waals surface area contributed by atoms with Crippen molar-refractivity contribution in [3.8, 4) is 28.9 Å². The van der Waals surface area contributed by atoms with E-state index in [-0.39, 0.29) is 0 Å². The summed E-state index contributed by atoms with van der Waals surface area (Å²) in [5.74, 6) is 2.17. The first kappa shape index (κ1) is 14.7. The molecule has 0 amide bonds. The number of rotatable bonds is 3. The topological polar surface area (TPSA) is 55.4 Å². The molecule has 0 radical (unpaired) electrons. The Morgan fingerprint density at radius 3 is 2.32 bits per heavy atom. The number of ether oxygens (including phenoxy) is 2. The number of furan rings is 1. The van der Waals surface area contributed by atoms with Gasteiger partial charge < -0.3 is 13.9 Å². The van der Waals surface area contributed by atoms with Gasteiger partial charge in [0.25, 0.3) is 0 Å². The standard InChI is InChI=1S/C17H12INO3/c1-20-12-5-3-10(4-6-12)17-15(18)14-8-13(21-2)7-11(9-19)16(14)22-17/h3-8H,1-2H3. The first-order chi connectivity index (χ1) is 10.7. The summed E-state index contributed by atoms with van der Waals surface area (Å²) >= 11 is 2.23. The summed E-state index contributed by atoms with van der Waals surface area (Å²) < 4.78 is 17.3. The van der Waals surface area contributed by atoms with Crippen LogP contribution in [0.15, 0.2) is 40.8 Å². The largest absolute Gasteiger partial charge is 0.497 e. The van der Waals surface area contributed by atoms with Gasteiger partial charge in [0.05, 0.1) is 23.4 Å². The molecule has 0 saturated carbocycles. The molecule has 0 unspecified atom stereocenters. The number of methoxy groups -OCH3 is 2. The van der Waals surface area contributed by atoms with Gasteiger partial charge in [-0.15, -0.1) is 0 Å². The van der Waals surface area contributed by atoms with Gasteiger partial charge in [-0.1, -0.05) is 0 Å². The Morgan fingerprint density at radius 1 is 1.05 bits per heavy atom. The minimum absolute atomic E-state index is 0.465. The van der Waals surface area contributed by atoms with Crippen LogP contribution in [0.5, 0.6) is 11.5 Å². The third-order valence-electron chi connectivity index (χ3n) is 3.41. The highest BCUT2D eigenvalue weighted by molar-refractivity contribution is 14.1. The summed E-state index contributed by atoms with van der Waals surface area (Å²) in [6.07, 6.45) is 0. The van der Waals surface area contributed by atoms with Crippen LogP contribution in [0.2, 0.25) is 0 Å². The molecular weight excluding hydrogens is 393 g/mol. The summed E-state index contributed by atoms with van der Waals surface area (Å²) in [5.41, 5.74) is 1.98. The van der Waals surface area contributed by atoms with E-state index in [1.165, 1.54) is 0 Å². The first-order valence-electron chi connectivity index (χ1n) is 6.52. The van der Waals surface area contributed by atoms with Gasteiger partial charge in [-0.3, -0.25) is 0 Å². The highest BCUT2D eigenvalue weighted by Gasteiger charge is 2.18. The van der Waals surface area contributed by atoms with E-state index < -0.39 is 0 Å². The number of hydrogen-bond donors (Lipinski definition) is 0. The molecule has 4 nitrogen and oxygen atoms in total. The van der Waals surface area contributed by atoms with Gasteiger partial charge in [-0.25, -0.2) is 0 Å². The zero-order valence-electron chi connectivity index (χ0n) is 12.0. The minimum Gasteiger partial charge on any atom is -0.497 e. The Kier molecular flexibility index (Phi) is 3.94. The molecule has 0 spiro atoms. The molecule has 0 fully saturated rings. The van der Waals surface area contributed by atoms with Crippen molar-refractivity contribution in [1.29, 1.82) is 5.26 Å². The molecule has 0 aliphatic rings. The van der Waals surface area contributed by atoms with Crippen LogP contribution in [-0.4, -0.2) is 14.2 Å². The molecule has 0 saturated heterocycles. The average Bonchev–Trinajstić information content (AvgIpc) is 2.91. The molecule has 0 atom stereocenters. The van der Waals surface area contributed by atoms with E-state index in [9.17, 15) is 5.26 Å². The van der Waals surface area contributed by atoms with Gasteiger partial charge in [0.1, 0.15) is 23.3 Å². The van der Waals surface area contributed by atoms with Gasteiger partial charge in [0.15, 0.2) is 5.58 Å². The maximum atomic E-state index is 9.31. The summed E-state index contributed by atoms with van der Waals surface area (Å²) in [5, 5.41) is 10.2. The van der Waals surface area contributed by atoms with Crippen LogP contribution in [0.25, 0.3) is 22.3 Å². The molecule has 3 rings (SSSR count). The number of hydrogen-bond acceptors (Lipinski definition) is 4. The van der Waals surface area contributed by atoms with E-state index >= 15 is 0 Å². The van der Waals surface area contributed by atoms with Crippen molar-refractivity contribution in [2.24, 2.45) is 0 Å².